The number of piperidine rings is 1. The van der Waals surface area contributed by atoms with Crippen LogP contribution in [0.1, 0.15) is 37.1 Å². The van der Waals surface area contributed by atoms with Crippen LogP contribution in [0, 0.1) is 18.7 Å². The van der Waals surface area contributed by atoms with Crippen molar-refractivity contribution in [2.24, 2.45) is 5.92 Å². The van der Waals surface area contributed by atoms with Crippen LogP contribution in [0.25, 0.3) is 0 Å². The Bertz CT molecular complexity index is 828. The molecule has 0 bridgehead atoms. The topological polar surface area (TPSA) is 61.4 Å². The van der Waals surface area contributed by atoms with Crippen molar-refractivity contribution < 1.29 is 9.18 Å². The van der Waals surface area contributed by atoms with Crippen LogP contribution in [0.2, 0.25) is 0 Å². The van der Waals surface area contributed by atoms with E-state index < -0.39 is 0 Å². The van der Waals surface area contributed by atoms with Gasteiger partial charge in [-0.15, -0.1) is 0 Å². The Kier molecular flexibility index (Phi) is 5.75. The van der Waals surface area contributed by atoms with Crippen LogP contribution >= 0.6 is 11.5 Å². The first kappa shape index (κ1) is 19.1. The summed E-state index contributed by atoms with van der Waals surface area (Å²) in [5.74, 6) is 0.966. The van der Waals surface area contributed by atoms with Crippen LogP contribution < -0.4 is 10.2 Å². The maximum Gasteiger partial charge on any atom is 0.323 e. The fourth-order valence-electron chi connectivity index (χ4n) is 4.04. The highest BCUT2D eigenvalue weighted by Gasteiger charge is 2.24. The molecule has 28 heavy (non-hydrogen) atoms. The van der Waals surface area contributed by atoms with Crippen molar-refractivity contribution in [3.63, 3.8) is 0 Å². The summed E-state index contributed by atoms with van der Waals surface area (Å²) in [6.07, 6.45) is 4.88. The van der Waals surface area contributed by atoms with E-state index in [9.17, 15) is 9.18 Å². The number of benzene rings is 1. The summed E-state index contributed by atoms with van der Waals surface area (Å²) in [6, 6.07) is 5.56. The highest BCUT2D eigenvalue weighted by atomic mass is 32.1. The van der Waals surface area contributed by atoms with Crippen molar-refractivity contribution in [2.75, 3.05) is 36.4 Å². The van der Waals surface area contributed by atoms with Gasteiger partial charge in [-0.1, -0.05) is 6.07 Å². The average Bonchev–Trinajstić information content (AvgIpc) is 3.36. The first-order valence-electron chi connectivity index (χ1n) is 9.98. The summed E-state index contributed by atoms with van der Waals surface area (Å²) in [6.45, 7) is 5.21. The van der Waals surface area contributed by atoms with Crippen molar-refractivity contribution in [1.29, 1.82) is 0 Å². The minimum absolute atomic E-state index is 0.101. The molecule has 2 saturated heterocycles. The molecule has 4 rings (SSSR count). The minimum Gasteiger partial charge on any atom is -0.371 e. The van der Waals surface area contributed by atoms with Gasteiger partial charge in [0.25, 0.3) is 0 Å². The molecule has 6 nitrogen and oxygen atoms in total. The quantitative estimate of drug-likeness (QED) is 0.836. The van der Waals surface area contributed by atoms with Gasteiger partial charge in [0.1, 0.15) is 11.6 Å². The molecule has 2 amide bonds. The summed E-state index contributed by atoms with van der Waals surface area (Å²) in [5.41, 5.74) is 1.78. The molecule has 2 aliphatic heterocycles. The molecular weight excluding hydrogens is 377 g/mol. The van der Waals surface area contributed by atoms with E-state index in [1.807, 2.05) is 6.07 Å². The molecule has 1 aromatic carbocycles. The normalized spacial score (nSPS) is 17.9. The minimum atomic E-state index is -0.129. The molecule has 2 aliphatic rings. The third kappa shape index (κ3) is 4.43. The number of urea groups is 1. The number of anilines is 2. The van der Waals surface area contributed by atoms with Gasteiger partial charge in [-0.2, -0.15) is 4.37 Å². The van der Waals surface area contributed by atoms with Crippen LogP contribution in [-0.2, 0) is 6.42 Å². The number of hydrogen-bond donors (Lipinski definition) is 1. The predicted molar refractivity (Wildman–Crippen MR) is 110 cm³/mol. The summed E-state index contributed by atoms with van der Waals surface area (Å²) < 4.78 is 18.7. The van der Waals surface area contributed by atoms with Crippen molar-refractivity contribution >= 4 is 28.4 Å². The number of halogens is 1. The maximum absolute atomic E-state index is 14.6. The number of likely N-dealkylation sites (tertiary alicyclic amines) is 1. The van der Waals surface area contributed by atoms with Gasteiger partial charge in [0.15, 0.2) is 0 Å². The molecule has 0 saturated carbocycles. The Hall–Kier alpha value is -2.22. The SMILES string of the molecule is Cc1nsc(NC(=O)N2CCC(Cc3ccc(N4CCCC4)cc3F)CC2)n1. The number of hydrogen-bond acceptors (Lipinski definition) is 5. The van der Waals surface area contributed by atoms with Crippen LogP contribution in [0.4, 0.5) is 20.0 Å². The van der Waals surface area contributed by atoms with Gasteiger partial charge in [0, 0.05) is 43.4 Å². The molecule has 0 atom stereocenters. The van der Waals surface area contributed by atoms with Crippen LogP contribution in [-0.4, -0.2) is 46.5 Å². The number of amides is 2. The summed E-state index contributed by atoms with van der Waals surface area (Å²) in [5, 5.41) is 3.34. The smallest absolute Gasteiger partial charge is 0.323 e. The van der Waals surface area contributed by atoms with Crippen molar-refractivity contribution in [2.45, 2.75) is 39.0 Å². The van der Waals surface area contributed by atoms with Crippen molar-refractivity contribution in [1.82, 2.24) is 14.3 Å². The van der Waals surface area contributed by atoms with E-state index in [0.717, 1.165) is 43.6 Å². The molecule has 1 aromatic heterocycles. The second kappa shape index (κ2) is 8.43. The highest BCUT2D eigenvalue weighted by Crippen LogP contribution is 2.27. The Labute approximate surface area is 168 Å². The van der Waals surface area contributed by atoms with Crippen molar-refractivity contribution in [3.05, 3.63) is 35.4 Å². The zero-order chi connectivity index (χ0) is 19.5. The highest BCUT2D eigenvalue weighted by molar-refractivity contribution is 7.09. The predicted octanol–water partition coefficient (Wildman–Crippen LogP) is 4.07. The first-order chi connectivity index (χ1) is 13.6. The van der Waals surface area contributed by atoms with Crippen molar-refractivity contribution in [3.8, 4) is 0 Å². The number of rotatable bonds is 4. The average molecular weight is 404 g/mol. The summed E-state index contributed by atoms with van der Waals surface area (Å²) in [4.78, 5) is 20.6. The second-order valence-electron chi connectivity index (χ2n) is 7.68. The lowest BCUT2D eigenvalue weighted by Gasteiger charge is -2.32. The van der Waals surface area contributed by atoms with Crippen LogP contribution in [0.15, 0.2) is 18.2 Å². The lowest BCUT2D eigenvalue weighted by molar-refractivity contribution is 0.182. The molecular formula is C20H26FN5OS. The zero-order valence-corrected chi connectivity index (χ0v) is 17.0. The Morgan fingerprint density at radius 3 is 2.64 bits per heavy atom. The standard InChI is InChI=1S/C20H26FN5OS/c1-14-22-19(28-24-14)23-20(27)26-10-6-15(7-11-26)12-16-4-5-17(13-18(16)21)25-8-2-3-9-25/h4-5,13,15H,2-3,6-12H2,1H3,(H,22,23,24,27). The number of nitrogens with one attached hydrogen (secondary N) is 1. The first-order valence-corrected chi connectivity index (χ1v) is 10.8. The molecule has 2 aromatic rings. The van der Waals surface area contributed by atoms with Gasteiger partial charge >= 0.3 is 6.03 Å². The maximum atomic E-state index is 14.6. The van der Waals surface area contributed by atoms with E-state index in [2.05, 4.69) is 25.6 Å². The van der Waals surface area contributed by atoms with Crippen LogP contribution in [0.3, 0.4) is 0 Å². The van der Waals surface area contributed by atoms with Gasteiger partial charge in [0.05, 0.1) is 0 Å². The third-order valence-electron chi connectivity index (χ3n) is 5.66. The second-order valence-corrected chi connectivity index (χ2v) is 8.43. The number of carbonyl (C=O) groups excluding carboxylic acids is 1. The lowest BCUT2D eigenvalue weighted by atomic mass is 9.90. The van der Waals surface area contributed by atoms with Gasteiger partial charge < -0.3 is 9.80 Å². The molecule has 0 aliphatic carbocycles. The van der Waals surface area contributed by atoms with E-state index in [0.29, 0.717) is 30.0 Å². The number of aryl methyl sites for hydroxylation is 1. The lowest BCUT2D eigenvalue weighted by Crippen LogP contribution is -2.41. The van der Waals surface area contributed by atoms with Gasteiger partial charge in [-0.3, -0.25) is 5.32 Å². The van der Waals surface area contributed by atoms with Gasteiger partial charge in [-0.25, -0.2) is 14.2 Å². The number of aromatic nitrogens is 2. The fraction of sp³-hybridized carbons (Fsp3) is 0.550. The van der Waals surface area contributed by atoms with E-state index in [4.69, 9.17) is 0 Å². The molecule has 1 N–H and O–H groups in total. The van der Waals surface area contributed by atoms with E-state index in [1.54, 1.807) is 17.9 Å². The monoisotopic (exact) mass is 403 g/mol. The molecule has 3 heterocycles. The number of carbonyl (C=O) groups is 1. The molecule has 0 spiro atoms. The Morgan fingerprint density at radius 2 is 2.00 bits per heavy atom. The zero-order valence-electron chi connectivity index (χ0n) is 16.2. The molecule has 150 valence electrons. The van der Waals surface area contributed by atoms with E-state index >= 15 is 0 Å². The summed E-state index contributed by atoms with van der Waals surface area (Å²) >= 11 is 1.19. The van der Waals surface area contributed by atoms with Gasteiger partial charge in [-0.05, 0) is 62.6 Å². The molecule has 2 fully saturated rings. The van der Waals surface area contributed by atoms with Gasteiger partial charge in [0.2, 0.25) is 5.13 Å². The number of nitrogens with zero attached hydrogens (tertiary/aromatic N) is 4. The molecule has 0 radical (unpaired) electrons. The third-order valence-corrected chi connectivity index (χ3v) is 6.38. The fourth-order valence-corrected chi connectivity index (χ4v) is 4.61. The summed E-state index contributed by atoms with van der Waals surface area (Å²) in [7, 11) is 0. The van der Waals surface area contributed by atoms with Crippen LogP contribution in [0.5, 0.6) is 0 Å². The largest absolute Gasteiger partial charge is 0.371 e. The van der Waals surface area contributed by atoms with E-state index in [-0.39, 0.29) is 11.8 Å². The molecule has 0 unspecified atom stereocenters. The Morgan fingerprint density at radius 1 is 1.25 bits per heavy atom. The Balaban J connectivity index is 1.28. The molecule has 8 heteroatoms. The van der Waals surface area contributed by atoms with E-state index in [1.165, 1.54) is 24.4 Å².